The van der Waals surface area contributed by atoms with Gasteiger partial charge in [0.15, 0.2) is 11.5 Å². The van der Waals surface area contributed by atoms with Crippen molar-refractivity contribution >= 4 is 11.1 Å². The molecule has 0 spiro atoms. The van der Waals surface area contributed by atoms with Crippen molar-refractivity contribution in [3.05, 3.63) is 30.2 Å². The van der Waals surface area contributed by atoms with E-state index in [9.17, 15) is 0 Å². The maximum Gasteiger partial charge on any atom is 0.195 e. The molecule has 0 amide bonds. The van der Waals surface area contributed by atoms with Crippen LogP contribution in [-0.2, 0) is 6.42 Å². The highest BCUT2D eigenvalue weighted by molar-refractivity contribution is 5.72. The van der Waals surface area contributed by atoms with Crippen LogP contribution in [0.2, 0.25) is 0 Å². The van der Waals surface area contributed by atoms with E-state index >= 15 is 0 Å². The molecule has 2 aromatic rings. The van der Waals surface area contributed by atoms with Crippen LogP contribution < -0.4 is 0 Å². The van der Waals surface area contributed by atoms with E-state index in [1.165, 1.54) is 19.3 Å². The fraction of sp³-hybridized carbons (Fsp3) is 0.500. The average Bonchev–Trinajstić information content (AvgIpc) is 2.71. The monoisotopic (exact) mass is 217 g/mol. The van der Waals surface area contributed by atoms with E-state index in [4.69, 9.17) is 4.42 Å². The smallest absolute Gasteiger partial charge is 0.195 e. The first-order valence-corrected chi connectivity index (χ1v) is 6.14. The molecule has 1 heterocycles. The van der Waals surface area contributed by atoms with Gasteiger partial charge in [-0.2, -0.15) is 0 Å². The van der Waals surface area contributed by atoms with Crippen LogP contribution >= 0.6 is 0 Å². The second-order valence-corrected chi connectivity index (χ2v) is 4.48. The van der Waals surface area contributed by atoms with Crippen molar-refractivity contribution in [2.75, 3.05) is 0 Å². The molecular formula is C14H19NO. The summed E-state index contributed by atoms with van der Waals surface area (Å²) in [6.45, 7) is 4.54. The molecule has 0 bridgehead atoms. The van der Waals surface area contributed by atoms with E-state index < -0.39 is 0 Å². The number of rotatable bonds is 5. The lowest BCUT2D eigenvalue weighted by Crippen LogP contribution is -1.94. The zero-order chi connectivity index (χ0) is 11.4. The van der Waals surface area contributed by atoms with Crippen molar-refractivity contribution in [2.45, 2.75) is 39.5 Å². The quantitative estimate of drug-likeness (QED) is 0.750. The third-order valence-electron chi connectivity index (χ3n) is 3.12. The molecule has 0 N–H and O–H groups in total. The van der Waals surface area contributed by atoms with Crippen LogP contribution in [-0.4, -0.2) is 4.98 Å². The Hall–Kier alpha value is -1.31. The Bertz CT molecular complexity index is 414. The number of aryl methyl sites for hydroxylation is 1. The minimum absolute atomic E-state index is 0.810. The summed E-state index contributed by atoms with van der Waals surface area (Å²) in [4.78, 5) is 4.47. The normalized spacial score (nSPS) is 13.1. The molecule has 1 aromatic heterocycles. The topological polar surface area (TPSA) is 26.0 Å². The fourth-order valence-electron chi connectivity index (χ4n) is 1.83. The molecule has 2 nitrogen and oxygen atoms in total. The third-order valence-corrected chi connectivity index (χ3v) is 3.12. The van der Waals surface area contributed by atoms with Gasteiger partial charge < -0.3 is 4.42 Å². The average molecular weight is 217 g/mol. The van der Waals surface area contributed by atoms with E-state index in [-0.39, 0.29) is 0 Å². The molecule has 0 aliphatic rings. The summed E-state index contributed by atoms with van der Waals surface area (Å²) in [5, 5.41) is 0. The number of hydrogen-bond acceptors (Lipinski definition) is 2. The number of benzene rings is 1. The largest absolute Gasteiger partial charge is 0.441 e. The zero-order valence-corrected chi connectivity index (χ0v) is 10.1. The lowest BCUT2D eigenvalue weighted by molar-refractivity contribution is 0.461. The van der Waals surface area contributed by atoms with Crippen LogP contribution in [0.3, 0.4) is 0 Å². The first kappa shape index (κ1) is 11.2. The molecule has 16 heavy (non-hydrogen) atoms. The minimum atomic E-state index is 0.810. The standard InChI is InChI=1S/C14H19NO/c1-3-11(2)7-6-10-14-15-12-8-4-5-9-13(12)16-14/h4-5,8-9,11H,3,6-7,10H2,1-2H3. The number of fused-ring (bicyclic) bond motifs is 1. The Labute approximate surface area is 96.7 Å². The highest BCUT2D eigenvalue weighted by atomic mass is 16.3. The van der Waals surface area contributed by atoms with Gasteiger partial charge in [-0.25, -0.2) is 4.98 Å². The fourth-order valence-corrected chi connectivity index (χ4v) is 1.83. The van der Waals surface area contributed by atoms with Gasteiger partial charge in [-0.05, 0) is 24.5 Å². The van der Waals surface area contributed by atoms with E-state index in [0.717, 1.165) is 29.3 Å². The van der Waals surface area contributed by atoms with Crippen LogP contribution in [0.1, 0.15) is 39.0 Å². The second-order valence-electron chi connectivity index (χ2n) is 4.48. The van der Waals surface area contributed by atoms with Gasteiger partial charge in [-0.15, -0.1) is 0 Å². The zero-order valence-electron chi connectivity index (χ0n) is 10.1. The number of nitrogens with zero attached hydrogens (tertiary/aromatic N) is 1. The summed E-state index contributed by atoms with van der Waals surface area (Å²) >= 11 is 0. The van der Waals surface area contributed by atoms with Crippen molar-refractivity contribution in [3.8, 4) is 0 Å². The van der Waals surface area contributed by atoms with Crippen molar-refractivity contribution in [1.29, 1.82) is 0 Å². The SMILES string of the molecule is CCC(C)CCCc1nc2ccccc2o1. The van der Waals surface area contributed by atoms with E-state index in [2.05, 4.69) is 18.8 Å². The van der Waals surface area contributed by atoms with Crippen LogP contribution in [0.25, 0.3) is 11.1 Å². The molecule has 0 saturated carbocycles. The molecule has 2 heteroatoms. The van der Waals surface area contributed by atoms with Crippen molar-refractivity contribution in [2.24, 2.45) is 5.92 Å². The molecular weight excluding hydrogens is 198 g/mol. The molecule has 1 atom stereocenters. The number of oxazole rings is 1. The molecule has 86 valence electrons. The minimum Gasteiger partial charge on any atom is -0.441 e. The summed E-state index contributed by atoms with van der Waals surface area (Å²) < 4.78 is 5.67. The van der Waals surface area contributed by atoms with Gasteiger partial charge in [0.1, 0.15) is 5.52 Å². The molecule has 0 fully saturated rings. The van der Waals surface area contributed by atoms with Gasteiger partial charge in [0.05, 0.1) is 0 Å². The number of hydrogen-bond donors (Lipinski definition) is 0. The first-order valence-electron chi connectivity index (χ1n) is 6.14. The number of aromatic nitrogens is 1. The molecule has 0 radical (unpaired) electrons. The van der Waals surface area contributed by atoms with E-state index in [1.807, 2.05) is 24.3 Å². The van der Waals surface area contributed by atoms with Gasteiger partial charge in [0.2, 0.25) is 0 Å². The van der Waals surface area contributed by atoms with Crippen molar-refractivity contribution in [1.82, 2.24) is 4.98 Å². The summed E-state index contributed by atoms with van der Waals surface area (Å²) in [6, 6.07) is 7.95. The van der Waals surface area contributed by atoms with Crippen LogP contribution in [0.5, 0.6) is 0 Å². The first-order chi connectivity index (χ1) is 7.79. The predicted octanol–water partition coefficient (Wildman–Crippen LogP) is 4.20. The Morgan fingerprint density at radius 1 is 1.31 bits per heavy atom. The Morgan fingerprint density at radius 2 is 2.12 bits per heavy atom. The molecule has 0 saturated heterocycles. The lowest BCUT2D eigenvalue weighted by atomic mass is 10.0. The molecule has 2 rings (SSSR count). The number of para-hydroxylation sites is 2. The maximum absolute atomic E-state index is 5.67. The van der Waals surface area contributed by atoms with Crippen LogP contribution in [0.4, 0.5) is 0 Å². The van der Waals surface area contributed by atoms with Gasteiger partial charge >= 0.3 is 0 Å². The second kappa shape index (κ2) is 5.15. The van der Waals surface area contributed by atoms with E-state index in [0.29, 0.717) is 0 Å². The predicted molar refractivity (Wildman–Crippen MR) is 66.4 cm³/mol. The highest BCUT2D eigenvalue weighted by Gasteiger charge is 2.05. The summed E-state index contributed by atoms with van der Waals surface area (Å²) in [5.41, 5.74) is 1.88. The molecule has 0 aliphatic carbocycles. The summed E-state index contributed by atoms with van der Waals surface area (Å²) in [6.07, 6.45) is 4.64. The lowest BCUT2D eigenvalue weighted by Gasteiger charge is -2.05. The van der Waals surface area contributed by atoms with Gasteiger partial charge in [0.25, 0.3) is 0 Å². The van der Waals surface area contributed by atoms with Crippen molar-refractivity contribution in [3.63, 3.8) is 0 Å². The Balaban J connectivity index is 1.94. The molecule has 1 unspecified atom stereocenters. The summed E-state index contributed by atoms with van der Waals surface area (Å²) in [5.74, 6) is 1.69. The van der Waals surface area contributed by atoms with Gasteiger partial charge in [0, 0.05) is 6.42 Å². The molecule has 0 aliphatic heterocycles. The van der Waals surface area contributed by atoms with Gasteiger partial charge in [-0.1, -0.05) is 38.8 Å². The van der Waals surface area contributed by atoms with Crippen LogP contribution in [0, 0.1) is 5.92 Å². The third kappa shape index (κ3) is 2.63. The molecule has 1 aromatic carbocycles. The van der Waals surface area contributed by atoms with Crippen molar-refractivity contribution < 1.29 is 4.42 Å². The Morgan fingerprint density at radius 3 is 2.88 bits per heavy atom. The van der Waals surface area contributed by atoms with Crippen LogP contribution in [0.15, 0.2) is 28.7 Å². The highest BCUT2D eigenvalue weighted by Crippen LogP contribution is 2.17. The maximum atomic E-state index is 5.67. The summed E-state index contributed by atoms with van der Waals surface area (Å²) in [7, 11) is 0. The van der Waals surface area contributed by atoms with Gasteiger partial charge in [-0.3, -0.25) is 0 Å². The van der Waals surface area contributed by atoms with E-state index in [1.54, 1.807) is 0 Å². The Kier molecular flexibility index (Phi) is 3.60.